The van der Waals surface area contributed by atoms with Crippen LogP contribution < -0.4 is 15.4 Å². The Morgan fingerprint density at radius 1 is 1.28 bits per heavy atom. The molecule has 3 N–H and O–H groups in total. The fraction of sp³-hybridized carbons (Fsp3) is 0.545. The van der Waals surface area contributed by atoms with E-state index in [0.717, 1.165) is 32.0 Å². The lowest BCUT2D eigenvalue weighted by molar-refractivity contribution is 0.533. The van der Waals surface area contributed by atoms with Crippen LogP contribution in [-0.2, 0) is 10.0 Å². The first-order chi connectivity index (χ1) is 8.54. The van der Waals surface area contributed by atoms with Crippen molar-refractivity contribution in [2.75, 3.05) is 31.1 Å². The monoisotopic (exact) mass is 268 g/mol. The van der Waals surface area contributed by atoms with Gasteiger partial charge in [0.25, 0.3) is 0 Å². The van der Waals surface area contributed by atoms with Gasteiger partial charge in [-0.2, -0.15) is 0 Å². The third-order valence-electron chi connectivity index (χ3n) is 3.76. The first kappa shape index (κ1) is 11.9. The molecule has 0 aromatic carbocycles. The minimum absolute atomic E-state index is 0.0623. The van der Waals surface area contributed by atoms with E-state index < -0.39 is 10.0 Å². The predicted molar refractivity (Wildman–Crippen MR) is 67.7 cm³/mol. The highest BCUT2D eigenvalue weighted by Gasteiger charge is 2.36. The third-order valence-corrected chi connectivity index (χ3v) is 4.66. The minimum atomic E-state index is -3.65. The smallest absolute Gasteiger partial charge is 0.239 e. The SMILES string of the molecule is NS(=O)(=O)c1ccc(N2C[C@H]3CNC[C@H]3C2)nc1. The van der Waals surface area contributed by atoms with Crippen molar-refractivity contribution in [3.8, 4) is 0 Å². The molecule has 6 nitrogen and oxygen atoms in total. The lowest BCUT2D eigenvalue weighted by atomic mass is 10.0. The Hall–Kier alpha value is -1.18. The molecule has 98 valence electrons. The molecule has 2 aliphatic rings. The second-order valence-corrected chi connectivity index (χ2v) is 6.54. The number of sulfonamides is 1. The Balaban J connectivity index is 1.78. The molecule has 2 atom stereocenters. The first-order valence-electron chi connectivity index (χ1n) is 5.98. The van der Waals surface area contributed by atoms with Crippen LogP contribution in [0, 0.1) is 11.8 Å². The first-order valence-corrected chi connectivity index (χ1v) is 7.53. The number of fused-ring (bicyclic) bond motifs is 1. The largest absolute Gasteiger partial charge is 0.356 e. The number of hydrogen-bond acceptors (Lipinski definition) is 5. The van der Waals surface area contributed by atoms with E-state index in [-0.39, 0.29) is 4.90 Å². The van der Waals surface area contributed by atoms with Crippen molar-refractivity contribution in [2.24, 2.45) is 17.0 Å². The van der Waals surface area contributed by atoms with Gasteiger partial charge >= 0.3 is 0 Å². The zero-order valence-corrected chi connectivity index (χ0v) is 10.7. The summed E-state index contributed by atoms with van der Waals surface area (Å²) in [6.45, 7) is 4.10. The number of rotatable bonds is 2. The van der Waals surface area contributed by atoms with E-state index in [1.807, 2.05) is 0 Å². The zero-order valence-electron chi connectivity index (χ0n) is 9.91. The van der Waals surface area contributed by atoms with Gasteiger partial charge in [-0.1, -0.05) is 0 Å². The summed E-state index contributed by atoms with van der Waals surface area (Å²) in [6.07, 6.45) is 1.33. The number of nitrogens with two attached hydrogens (primary N) is 1. The van der Waals surface area contributed by atoms with Crippen molar-refractivity contribution in [2.45, 2.75) is 4.90 Å². The van der Waals surface area contributed by atoms with Crippen LogP contribution in [0.3, 0.4) is 0 Å². The van der Waals surface area contributed by atoms with E-state index in [1.54, 1.807) is 6.07 Å². The molecule has 0 aliphatic carbocycles. The Bertz CT molecular complexity index is 531. The molecule has 2 aliphatic heterocycles. The van der Waals surface area contributed by atoms with E-state index in [0.29, 0.717) is 11.8 Å². The second-order valence-electron chi connectivity index (χ2n) is 4.98. The molecular weight excluding hydrogens is 252 g/mol. The molecular formula is C11H16N4O2S. The molecule has 2 fully saturated rings. The summed E-state index contributed by atoms with van der Waals surface area (Å²) in [5, 5.41) is 8.43. The van der Waals surface area contributed by atoms with Gasteiger partial charge in [0.1, 0.15) is 10.7 Å². The average molecular weight is 268 g/mol. The topological polar surface area (TPSA) is 88.3 Å². The van der Waals surface area contributed by atoms with Gasteiger partial charge < -0.3 is 10.2 Å². The number of nitrogens with one attached hydrogen (secondary N) is 1. The third kappa shape index (κ3) is 2.09. The van der Waals surface area contributed by atoms with E-state index in [9.17, 15) is 8.42 Å². The van der Waals surface area contributed by atoms with Gasteiger partial charge in [-0.3, -0.25) is 0 Å². The molecule has 0 amide bonds. The number of anilines is 1. The van der Waals surface area contributed by atoms with Crippen LogP contribution in [0.4, 0.5) is 5.82 Å². The van der Waals surface area contributed by atoms with Crippen LogP contribution >= 0.6 is 0 Å². The quantitative estimate of drug-likeness (QED) is 0.746. The fourth-order valence-electron chi connectivity index (χ4n) is 2.77. The molecule has 0 spiro atoms. The highest BCUT2D eigenvalue weighted by Crippen LogP contribution is 2.29. The summed E-state index contributed by atoms with van der Waals surface area (Å²) in [6, 6.07) is 3.25. The Kier molecular flexibility index (Phi) is 2.76. The van der Waals surface area contributed by atoms with Crippen molar-refractivity contribution in [1.29, 1.82) is 0 Å². The lowest BCUT2D eigenvalue weighted by Gasteiger charge is -2.18. The van der Waals surface area contributed by atoms with E-state index >= 15 is 0 Å². The van der Waals surface area contributed by atoms with Crippen molar-refractivity contribution in [1.82, 2.24) is 10.3 Å². The maximum atomic E-state index is 11.1. The van der Waals surface area contributed by atoms with Gasteiger partial charge in [-0.15, -0.1) is 0 Å². The molecule has 2 saturated heterocycles. The molecule has 0 unspecified atom stereocenters. The normalized spacial score (nSPS) is 27.5. The van der Waals surface area contributed by atoms with Gasteiger partial charge in [0.15, 0.2) is 0 Å². The van der Waals surface area contributed by atoms with E-state index in [4.69, 9.17) is 5.14 Å². The summed E-state index contributed by atoms with van der Waals surface area (Å²) in [7, 11) is -3.65. The molecule has 0 bridgehead atoms. The highest BCUT2D eigenvalue weighted by atomic mass is 32.2. The number of pyridine rings is 1. The van der Waals surface area contributed by atoms with E-state index in [1.165, 1.54) is 12.3 Å². The Morgan fingerprint density at radius 3 is 2.44 bits per heavy atom. The summed E-state index contributed by atoms with van der Waals surface area (Å²) in [5.41, 5.74) is 0. The Labute approximate surface area is 106 Å². The number of hydrogen-bond donors (Lipinski definition) is 2. The van der Waals surface area contributed by atoms with Gasteiger partial charge in [-0.05, 0) is 24.0 Å². The van der Waals surface area contributed by atoms with Crippen molar-refractivity contribution < 1.29 is 8.42 Å². The van der Waals surface area contributed by atoms with E-state index in [2.05, 4.69) is 15.2 Å². The summed E-state index contributed by atoms with van der Waals surface area (Å²) in [5.74, 6) is 2.20. The molecule has 7 heteroatoms. The zero-order chi connectivity index (χ0) is 12.8. The molecule has 0 radical (unpaired) electrons. The van der Waals surface area contributed by atoms with Crippen molar-refractivity contribution >= 4 is 15.8 Å². The number of primary sulfonamides is 1. The molecule has 0 saturated carbocycles. The second kappa shape index (κ2) is 4.18. The molecule has 3 rings (SSSR count). The maximum Gasteiger partial charge on any atom is 0.239 e. The van der Waals surface area contributed by atoms with Crippen LogP contribution in [0.1, 0.15) is 0 Å². The van der Waals surface area contributed by atoms with Gasteiger partial charge in [-0.25, -0.2) is 18.5 Å². The predicted octanol–water partition coefficient (Wildman–Crippen LogP) is -0.615. The average Bonchev–Trinajstić information content (AvgIpc) is 2.88. The van der Waals surface area contributed by atoms with Crippen LogP contribution in [0.5, 0.6) is 0 Å². The Morgan fingerprint density at radius 2 is 1.94 bits per heavy atom. The molecule has 1 aromatic heterocycles. The van der Waals surface area contributed by atoms with Crippen LogP contribution in [0.15, 0.2) is 23.2 Å². The number of nitrogens with zero attached hydrogens (tertiary/aromatic N) is 2. The van der Waals surface area contributed by atoms with Crippen molar-refractivity contribution in [3.63, 3.8) is 0 Å². The molecule has 1 aromatic rings. The highest BCUT2D eigenvalue weighted by molar-refractivity contribution is 7.89. The number of aromatic nitrogens is 1. The van der Waals surface area contributed by atoms with Crippen LogP contribution in [0.2, 0.25) is 0 Å². The van der Waals surface area contributed by atoms with Crippen molar-refractivity contribution in [3.05, 3.63) is 18.3 Å². The van der Waals surface area contributed by atoms with Gasteiger partial charge in [0, 0.05) is 32.4 Å². The van der Waals surface area contributed by atoms with Gasteiger partial charge in [0.2, 0.25) is 10.0 Å². The summed E-state index contributed by atoms with van der Waals surface area (Å²) >= 11 is 0. The molecule has 18 heavy (non-hydrogen) atoms. The molecule has 3 heterocycles. The summed E-state index contributed by atoms with van der Waals surface area (Å²) < 4.78 is 22.3. The van der Waals surface area contributed by atoms with Gasteiger partial charge in [0.05, 0.1) is 0 Å². The van der Waals surface area contributed by atoms with Crippen LogP contribution in [-0.4, -0.2) is 39.6 Å². The minimum Gasteiger partial charge on any atom is -0.356 e. The fourth-order valence-corrected chi connectivity index (χ4v) is 3.23. The summed E-state index contributed by atoms with van der Waals surface area (Å²) in [4.78, 5) is 6.47. The lowest BCUT2D eigenvalue weighted by Crippen LogP contribution is -2.26. The maximum absolute atomic E-state index is 11.1. The standard InChI is InChI=1S/C11H16N4O2S/c12-18(16,17)10-1-2-11(14-5-10)15-6-8-3-13-4-9(8)7-15/h1-2,5,8-9,13H,3-4,6-7H2,(H2,12,16,17)/t8-,9+. The van der Waals surface area contributed by atoms with Crippen LogP contribution in [0.25, 0.3) is 0 Å².